The molecule has 2 aromatic carbocycles. The Hall–Kier alpha value is -3.82. The normalized spacial score (nSPS) is 11.2. The van der Waals surface area contributed by atoms with Gasteiger partial charge in [-0.05, 0) is 48.9 Å². The second-order valence-corrected chi connectivity index (χ2v) is 8.68. The van der Waals surface area contributed by atoms with Crippen LogP contribution in [0.15, 0.2) is 63.5 Å². The lowest BCUT2D eigenvalue weighted by Gasteiger charge is -2.12. The Morgan fingerprint density at radius 1 is 1.09 bits per heavy atom. The summed E-state index contributed by atoms with van der Waals surface area (Å²) in [6, 6.07) is 14.1. The molecule has 0 saturated heterocycles. The van der Waals surface area contributed by atoms with Crippen molar-refractivity contribution in [3.05, 3.63) is 85.5 Å². The van der Waals surface area contributed by atoms with Crippen LogP contribution in [-0.2, 0) is 0 Å². The Labute approximate surface area is 196 Å². The van der Waals surface area contributed by atoms with Gasteiger partial charge in [-0.1, -0.05) is 23.7 Å². The molecule has 5 rings (SSSR count). The minimum atomic E-state index is -0.550. The summed E-state index contributed by atoms with van der Waals surface area (Å²) in [5.74, 6) is 0.634. The smallest absolute Gasteiger partial charge is 0.333 e. The zero-order valence-corrected chi connectivity index (χ0v) is 19.2. The van der Waals surface area contributed by atoms with Gasteiger partial charge in [-0.25, -0.2) is 14.3 Å². The van der Waals surface area contributed by atoms with Crippen molar-refractivity contribution in [2.24, 2.45) is 0 Å². The predicted octanol–water partition coefficient (Wildman–Crippen LogP) is 4.15. The van der Waals surface area contributed by atoms with E-state index in [4.69, 9.17) is 22.1 Å². The summed E-state index contributed by atoms with van der Waals surface area (Å²) in [5.41, 5.74) is 8.84. The van der Waals surface area contributed by atoms with Gasteiger partial charge in [-0.3, -0.25) is 9.36 Å². The van der Waals surface area contributed by atoms with Gasteiger partial charge in [0.1, 0.15) is 16.4 Å². The van der Waals surface area contributed by atoms with E-state index >= 15 is 0 Å². The number of H-pyrrole nitrogens is 1. The molecule has 0 fully saturated rings. The number of hydrogen-bond acceptors (Lipinski definition) is 6. The van der Waals surface area contributed by atoms with Crippen molar-refractivity contribution in [1.82, 2.24) is 19.1 Å². The molecule has 3 heterocycles. The van der Waals surface area contributed by atoms with Gasteiger partial charge in [0.05, 0.1) is 24.0 Å². The van der Waals surface area contributed by atoms with E-state index in [0.29, 0.717) is 32.9 Å². The molecule has 8 nitrogen and oxygen atoms in total. The molecule has 3 aromatic heterocycles. The number of methoxy groups -OCH3 is 1. The summed E-state index contributed by atoms with van der Waals surface area (Å²) in [6.07, 6.45) is 0. The first-order chi connectivity index (χ1) is 15.9. The highest BCUT2D eigenvalue weighted by molar-refractivity contribution is 7.13. The summed E-state index contributed by atoms with van der Waals surface area (Å²) < 4.78 is 7.96. The van der Waals surface area contributed by atoms with Crippen LogP contribution in [0.25, 0.3) is 33.7 Å². The van der Waals surface area contributed by atoms with Gasteiger partial charge in [-0.15, -0.1) is 11.3 Å². The van der Waals surface area contributed by atoms with Crippen LogP contribution in [0, 0.1) is 6.92 Å². The maximum absolute atomic E-state index is 13.6. The third-order valence-corrected chi connectivity index (χ3v) is 6.35. The van der Waals surface area contributed by atoms with Crippen molar-refractivity contribution in [2.75, 3.05) is 12.8 Å². The van der Waals surface area contributed by atoms with Crippen LogP contribution < -0.4 is 21.7 Å². The average molecular weight is 480 g/mol. The number of anilines is 1. The lowest BCUT2D eigenvalue weighted by atomic mass is 10.1. The highest BCUT2D eigenvalue weighted by atomic mass is 35.5. The van der Waals surface area contributed by atoms with E-state index in [1.807, 2.05) is 36.6 Å². The van der Waals surface area contributed by atoms with Gasteiger partial charge >= 0.3 is 5.69 Å². The number of benzene rings is 2. The van der Waals surface area contributed by atoms with E-state index in [2.05, 4.69) is 9.97 Å². The summed E-state index contributed by atoms with van der Waals surface area (Å²) in [5, 5.41) is 2.67. The van der Waals surface area contributed by atoms with E-state index < -0.39 is 11.2 Å². The largest absolute Gasteiger partial charge is 0.497 e. The number of aryl methyl sites for hydroxylation is 1. The highest BCUT2D eigenvalue weighted by Crippen LogP contribution is 2.28. The topological polar surface area (TPSA) is 108 Å². The van der Waals surface area contributed by atoms with E-state index in [1.54, 1.807) is 35.9 Å². The summed E-state index contributed by atoms with van der Waals surface area (Å²) in [7, 11) is 1.56. The molecule has 0 aliphatic heterocycles. The molecule has 0 spiro atoms. The van der Waals surface area contributed by atoms with Crippen LogP contribution in [0.1, 0.15) is 5.56 Å². The fourth-order valence-corrected chi connectivity index (χ4v) is 4.70. The maximum Gasteiger partial charge on any atom is 0.333 e. The molecule has 10 heteroatoms. The zero-order valence-electron chi connectivity index (χ0n) is 17.6. The maximum atomic E-state index is 13.6. The molecule has 0 saturated carbocycles. The number of nitrogens with one attached hydrogen (secondary N) is 1. The third-order valence-electron chi connectivity index (χ3n) is 5.39. The van der Waals surface area contributed by atoms with Crippen LogP contribution in [0.2, 0.25) is 5.15 Å². The molecule has 0 aliphatic carbocycles. The van der Waals surface area contributed by atoms with Crippen LogP contribution in [0.3, 0.4) is 0 Å². The zero-order chi connectivity index (χ0) is 23.3. The Morgan fingerprint density at radius 3 is 2.48 bits per heavy atom. The van der Waals surface area contributed by atoms with Crippen LogP contribution in [0.5, 0.6) is 5.75 Å². The fraction of sp³-hybridized carbons (Fsp3) is 0.0870. The Balaban J connectivity index is 1.70. The molecule has 0 radical (unpaired) electrons. The number of halogens is 1. The minimum absolute atomic E-state index is 0.264. The van der Waals surface area contributed by atoms with Gasteiger partial charge < -0.3 is 15.5 Å². The minimum Gasteiger partial charge on any atom is -0.497 e. The SMILES string of the molecule is COc1ccc(-n2c(=O)[nH]c3cc(Cl)n(-c4ccc(-c5csc(N)n5)cc4)c3c2=O)c(C)c1. The number of rotatable bonds is 4. The van der Waals surface area contributed by atoms with Crippen molar-refractivity contribution in [3.63, 3.8) is 0 Å². The van der Waals surface area contributed by atoms with Crippen LogP contribution >= 0.6 is 22.9 Å². The third kappa shape index (κ3) is 3.51. The van der Waals surface area contributed by atoms with E-state index in [-0.39, 0.29) is 5.52 Å². The molecular weight excluding hydrogens is 462 g/mol. The molecule has 5 aromatic rings. The Morgan fingerprint density at radius 2 is 1.85 bits per heavy atom. The first-order valence-corrected chi connectivity index (χ1v) is 11.2. The Bertz CT molecular complexity index is 1630. The molecule has 33 heavy (non-hydrogen) atoms. The van der Waals surface area contributed by atoms with Crippen LogP contribution in [0.4, 0.5) is 5.13 Å². The number of nitrogen functional groups attached to an aromatic ring is 1. The van der Waals surface area contributed by atoms with Crippen molar-refractivity contribution in [3.8, 4) is 28.4 Å². The lowest BCUT2D eigenvalue weighted by Crippen LogP contribution is -2.34. The highest BCUT2D eigenvalue weighted by Gasteiger charge is 2.19. The van der Waals surface area contributed by atoms with E-state index in [0.717, 1.165) is 21.4 Å². The molecule has 0 atom stereocenters. The van der Waals surface area contributed by atoms with E-state index in [1.165, 1.54) is 11.3 Å². The van der Waals surface area contributed by atoms with Gasteiger partial charge in [-0.2, -0.15) is 0 Å². The molecular formula is C23H18ClN5O3S. The summed E-state index contributed by atoms with van der Waals surface area (Å²) in [4.78, 5) is 33.5. The number of nitrogens with zero attached hydrogens (tertiary/aromatic N) is 3. The van der Waals surface area contributed by atoms with Gasteiger partial charge in [0.25, 0.3) is 5.56 Å². The van der Waals surface area contributed by atoms with Crippen LogP contribution in [-0.4, -0.2) is 26.2 Å². The first-order valence-electron chi connectivity index (χ1n) is 9.90. The number of ether oxygens (including phenoxy) is 1. The monoisotopic (exact) mass is 479 g/mol. The standard InChI is InChI=1S/C23H18ClN5O3S/c1-12-9-15(32-2)7-8-18(12)29-21(30)20-16(27-23(29)31)10-19(24)28(20)14-5-3-13(4-6-14)17-11-33-22(25)26-17/h3-11H,1-2H3,(H2,25,26)(H,27,31). The number of nitrogens with two attached hydrogens (primary N) is 1. The molecule has 166 valence electrons. The van der Waals surface area contributed by atoms with Crippen molar-refractivity contribution in [2.45, 2.75) is 6.92 Å². The number of aromatic nitrogens is 4. The average Bonchev–Trinajstić information content (AvgIpc) is 3.37. The van der Waals surface area contributed by atoms with Gasteiger partial charge in [0.15, 0.2) is 5.13 Å². The van der Waals surface area contributed by atoms with Crippen molar-refractivity contribution in [1.29, 1.82) is 0 Å². The number of fused-ring (bicyclic) bond motifs is 1. The van der Waals surface area contributed by atoms with E-state index in [9.17, 15) is 9.59 Å². The Kier molecular flexibility index (Phi) is 5.07. The molecule has 3 N–H and O–H groups in total. The lowest BCUT2D eigenvalue weighted by molar-refractivity contribution is 0.414. The summed E-state index contributed by atoms with van der Waals surface area (Å²) in [6.45, 7) is 1.81. The van der Waals surface area contributed by atoms with Gasteiger partial charge in [0.2, 0.25) is 0 Å². The number of hydrogen-bond donors (Lipinski definition) is 2. The molecule has 0 bridgehead atoms. The molecule has 0 amide bonds. The first kappa shape index (κ1) is 21.0. The molecule has 0 unspecified atom stereocenters. The second kappa shape index (κ2) is 7.95. The quantitative estimate of drug-likeness (QED) is 0.402. The second-order valence-electron chi connectivity index (χ2n) is 7.41. The predicted molar refractivity (Wildman–Crippen MR) is 131 cm³/mol. The fourth-order valence-electron chi connectivity index (χ4n) is 3.83. The summed E-state index contributed by atoms with van der Waals surface area (Å²) >= 11 is 7.87. The molecule has 0 aliphatic rings. The number of aromatic amines is 1. The number of thiazole rings is 1. The van der Waals surface area contributed by atoms with Gasteiger partial charge in [0, 0.05) is 16.6 Å². The van der Waals surface area contributed by atoms with Crippen molar-refractivity contribution >= 4 is 39.1 Å². The van der Waals surface area contributed by atoms with Crippen molar-refractivity contribution < 1.29 is 4.74 Å².